The van der Waals surface area contributed by atoms with Gasteiger partial charge in [-0.25, -0.2) is 4.39 Å². The maximum Gasteiger partial charge on any atom is 0.223 e. The Morgan fingerprint density at radius 1 is 1.19 bits per heavy atom. The van der Waals surface area contributed by atoms with E-state index in [0.29, 0.717) is 19.4 Å². The molecule has 0 saturated carbocycles. The molecule has 1 saturated heterocycles. The minimum absolute atomic E-state index is 0.00130. The van der Waals surface area contributed by atoms with Gasteiger partial charge in [-0.1, -0.05) is 24.3 Å². The van der Waals surface area contributed by atoms with Gasteiger partial charge < -0.3 is 14.7 Å². The number of hydrogen-bond acceptors (Lipinski definition) is 3. The highest BCUT2D eigenvalue weighted by atomic mass is 19.1. The van der Waals surface area contributed by atoms with Crippen molar-refractivity contribution >= 4 is 5.91 Å². The minimum atomic E-state index is -0.435. The van der Waals surface area contributed by atoms with E-state index in [1.165, 1.54) is 12.1 Å². The number of rotatable bonds is 6. The maximum absolute atomic E-state index is 13.3. The number of carbonyl (C=O) groups excluding carboxylic acids is 1. The van der Waals surface area contributed by atoms with Crippen molar-refractivity contribution in [2.45, 2.75) is 37.6 Å². The number of halogens is 1. The average molecular weight is 371 g/mol. The lowest BCUT2D eigenvalue weighted by atomic mass is 9.70. The lowest BCUT2D eigenvalue weighted by Gasteiger charge is -2.43. The van der Waals surface area contributed by atoms with Gasteiger partial charge in [0.2, 0.25) is 5.91 Å². The van der Waals surface area contributed by atoms with Crippen molar-refractivity contribution in [2.75, 3.05) is 20.3 Å². The molecule has 5 heteroatoms. The Kier molecular flexibility index (Phi) is 5.80. The summed E-state index contributed by atoms with van der Waals surface area (Å²) in [6.07, 6.45) is 1.56. The van der Waals surface area contributed by atoms with Crippen LogP contribution < -0.4 is 4.74 Å². The average Bonchev–Trinajstić information content (AvgIpc) is 2.68. The first-order valence-corrected chi connectivity index (χ1v) is 9.29. The molecule has 1 aliphatic heterocycles. The molecule has 27 heavy (non-hydrogen) atoms. The van der Waals surface area contributed by atoms with Crippen molar-refractivity contribution in [3.05, 3.63) is 65.5 Å². The van der Waals surface area contributed by atoms with Crippen LogP contribution >= 0.6 is 0 Å². The molecular weight excluding hydrogens is 345 g/mol. The normalized spacial score (nSPS) is 21.2. The van der Waals surface area contributed by atoms with Crippen molar-refractivity contribution < 1.29 is 19.0 Å². The van der Waals surface area contributed by atoms with Gasteiger partial charge in [0, 0.05) is 25.0 Å². The van der Waals surface area contributed by atoms with Gasteiger partial charge in [0.15, 0.2) is 0 Å². The summed E-state index contributed by atoms with van der Waals surface area (Å²) >= 11 is 0. The second kappa shape index (κ2) is 8.09. The molecular formula is C22H26FNO3. The molecule has 144 valence electrons. The topological polar surface area (TPSA) is 49.8 Å². The molecule has 0 radical (unpaired) electrons. The number of carbonyl (C=O) groups is 1. The molecule has 1 N–H and O–H groups in total. The highest BCUT2D eigenvalue weighted by Gasteiger charge is 2.41. The summed E-state index contributed by atoms with van der Waals surface area (Å²) in [5.41, 5.74) is 1.54. The number of amides is 1. The van der Waals surface area contributed by atoms with Crippen LogP contribution in [-0.4, -0.2) is 36.2 Å². The zero-order chi connectivity index (χ0) is 19.4. The van der Waals surface area contributed by atoms with E-state index < -0.39 is 5.41 Å². The fraction of sp³-hybridized carbons (Fsp3) is 0.409. The number of nitrogens with zero attached hydrogens (tertiary/aromatic N) is 1. The van der Waals surface area contributed by atoms with E-state index in [9.17, 15) is 14.3 Å². The van der Waals surface area contributed by atoms with E-state index in [0.717, 1.165) is 23.3 Å². The number of ether oxygens (including phenoxy) is 1. The second-order valence-electron chi connectivity index (χ2n) is 7.22. The molecule has 1 aliphatic rings. The Labute approximate surface area is 159 Å². The summed E-state index contributed by atoms with van der Waals surface area (Å²) in [4.78, 5) is 14.9. The fourth-order valence-electron chi connectivity index (χ4n) is 4.03. The Morgan fingerprint density at radius 2 is 1.85 bits per heavy atom. The summed E-state index contributed by atoms with van der Waals surface area (Å²) in [5, 5.41) is 9.58. The van der Waals surface area contributed by atoms with Gasteiger partial charge in [0.05, 0.1) is 13.2 Å². The summed E-state index contributed by atoms with van der Waals surface area (Å²) < 4.78 is 18.5. The predicted molar refractivity (Wildman–Crippen MR) is 102 cm³/mol. The molecule has 1 amide bonds. The summed E-state index contributed by atoms with van der Waals surface area (Å²) in [5.74, 6) is 0.548. The molecule has 4 nitrogen and oxygen atoms in total. The zero-order valence-corrected chi connectivity index (χ0v) is 15.8. The third kappa shape index (κ3) is 3.98. The number of methoxy groups -OCH3 is 1. The van der Waals surface area contributed by atoms with Gasteiger partial charge in [0.1, 0.15) is 11.6 Å². The highest BCUT2D eigenvalue weighted by Crippen LogP contribution is 2.41. The summed E-state index contributed by atoms with van der Waals surface area (Å²) in [6, 6.07) is 14.0. The molecule has 3 rings (SSSR count). The predicted octanol–water partition coefficient (Wildman–Crippen LogP) is 3.84. The largest absolute Gasteiger partial charge is 0.497 e. The third-order valence-corrected chi connectivity index (χ3v) is 5.75. The molecule has 0 bridgehead atoms. The van der Waals surface area contributed by atoms with E-state index in [2.05, 4.69) is 0 Å². The Hall–Kier alpha value is -2.40. The summed E-state index contributed by atoms with van der Waals surface area (Å²) in [6.45, 7) is 2.62. The van der Waals surface area contributed by atoms with E-state index >= 15 is 0 Å². The molecule has 0 spiro atoms. The number of aliphatic hydroxyl groups is 1. The second-order valence-corrected chi connectivity index (χ2v) is 7.22. The first-order valence-electron chi connectivity index (χ1n) is 9.29. The molecule has 1 fully saturated rings. The monoisotopic (exact) mass is 371 g/mol. The number of aliphatic hydroxyl groups excluding tert-OH is 1. The molecule has 1 heterocycles. The van der Waals surface area contributed by atoms with Crippen LogP contribution in [0.15, 0.2) is 48.5 Å². The van der Waals surface area contributed by atoms with Gasteiger partial charge in [-0.15, -0.1) is 0 Å². The van der Waals surface area contributed by atoms with Gasteiger partial charge in [0.25, 0.3) is 0 Å². The van der Waals surface area contributed by atoms with Crippen LogP contribution in [0.3, 0.4) is 0 Å². The lowest BCUT2D eigenvalue weighted by Crippen LogP contribution is -2.47. The fourth-order valence-corrected chi connectivity index (χ4v) is 4.03. The van der Waals surface area contributed by atoms with E-state index in [1.54, 1.807) is 19.2 Å². The van der Waals surface area contributed by atoms with E-state index in [4.69, 9.17) is 4.74 Å². The van der Waals surface area contributed by atoms with Crippen molar-refractivity contribution in [3.63, 3.8) is 0 Å². The number of piperidine rings is 1. The van der Waals surface area contributed by atoms with Crippen LogP contribution in [0, 0.1) is 5.82 Å². The maximum atomic E-state index is 13.3. The molecule has 0 aliphatic carbocycles. The van der Waals surface area contributed by atoms with Crippen LogP contribution in [0.1, 0.15) is 43.4 Å². The number of benzene rings is 2. The summed E-state index contributed by atoms with van der Waals surface area (Å²) in [7, 11) is 1.63. The van der Waals surface area contributed by atoms with Gasteiger partial charge in [-0.2, -0.15) is 0 Å². The molecule has 2 aromatic rings. The molecule has 2 atom stereocenters. The minimum Gasteiger partial charge on any atom is -0.497 e. The molecule has 0 aromatic heterocycles. The van der Waals surface area contributed by atoms with Gasteiger partial charge >= 0.3 is 0 Å². The van der Waals surface area contributed by atoms with Crippen LogP contribution in [0.2, 0.25) is 0 Å². The Morgan fingerprint density at radius 3 is 2.41 bits per heavy atom. The smallest absolute Gasteiger partial charge is 0.223 e. The highest BCUT2D eigenvalue weighted by molar-refractivity contribution is 5.79. The van der Waals surface area contributed by atoms with Crippen molar-refractivity contribution in [1.29, 1.82) is 0 Å². The van der Waals surface area contributed by atoms with E-state index in [-0.39, 0.29) is 24.4 Å². The zero-order valence-electron chi connectivity index (χ0n) is 15.8. The van der Waals surface area contributed by atoms with Crippen LogP contribution in [0.25, 0.3) is 0 Å². The van der Waals surface area contributed by atoms with Crippen molar-refractivity contribution in [1.82, 2.24) is 4.90 Å². The Bertz CT molecular complexity index is 775. The number of hydrogen-bond donors (Lipinski definition) is 1. The van der Waals surface area contributed by atoms with Crippen LogP contribution in [0.4, 0.5) is 4.39 Å². The molecule has 0 unspecified atom stereocenters. The number of likely N-dealkylation sites (tertiary alicyclic amines) is 1. The Balaban J connectivity index is 1.79. The van der Waals surface area contributed by atoms with Gasteiger partial charge in [-0.3, -0.25) is 4.79 Å². The van der Waals surface area contributed by atoms with Crippen molar-refractivity contribution in [2.24, 2.45) is 0 Å². The molecule has 2 aromatic carbocycles. The van der Waals surface area contributed by atoms with E-state index in [1.807, 2.05) is 36.1 Å². The van der Waals surface area contributed by atoms with Crippen LogP contribution in [-0.2, 0) is 10.2 Å². The first kappa shape index (κ1) is 19.4. The standard InChI is InChI=1S/C22H26FNO3/c1-16(17-3-9-20(27-2)10-4-17)24-13-11-22(12-14-25,15-21(24)26)18-5-7-19(23)8-6-18/h3-10,16,25H,11-15H2,1-2H3/t16-,22+/m0/s1. The van der Waals surface area contributed by atoms with Crippen LogP contribution in [0.5, 0.6) is 5.75 Å². The SMILES string of the molecule is COc1ccc([C@H](C)N2CC[C@](CCO)(c3ccc(F)cc3)CC2=O)cc1. The van der Waals surface area contributed by atoms with Gasteiger partial charge in [-0.05, 0) is 55.2 Å². The van der Waals surface area contributed by atoms with Crippen molar-refractivity contribution in [3.8, 4) is 5.75 Å². The quantitative estimate of drug-likeness (QED) is 0.839. The lowest BCUT2D eigenvalue weighted by molar-refractivity contribution is -0.138. The third-order valence-electron chi connectivity index (χ3n) is 5.75. The first-order chi connectivity index (χ1) is 13.0.